The minimum Gasteiger partial charge on any atom is -0.284 e. The van der Waals surface area contributed by atoms with Crippen LogP contribution in [0.15, 0.2) is 27.6 Å². The second-order valence-electron chi connectivity index (χ2n) is 3.96. The van der Waals surface area contributed by atoms with E-state index in [-0.39, 0.29) is 20.8 Å². The Morgan fingerprint density at radius 1 is 1.26 bits per heavy atom. The summed E-state index contributed by atoms with van der Waals surface area (Å²) in [6.45, 7) is 1.90. The van der Waals surface area contributed by atoms with Gasteiger partial charge < -0.3 is 0 Å². The van der Waals surface area contributed by atoms with E-state index in [4.69, 9.17) is 5.14 Å². The first-order chi connectivity index (χ1) is 8.65. The van der Waals surface area contributed by atoms with E-state index >= 15 is 0 Å². The Labute approximate surface area is 121 Å². The van der Waals surface area contributed by atoms with Gasteiger partial charge in [-0.05, 0) is 40.5 Å². The summed E-state index contributed by atoms with van der Waals surface area (Å²) in [7, 11) is -7.25. The first-order valence-corrected chi connectivity index (χ1v) is 9.47. The van der Waals surface area contributed by atoms with Crippen molar-refractivity contribution in [3.63, 3.8) is 0 Å². The molecule has 0 fully saturated rings. The lowest BCUT2D eigenvalue weighted by atomic mass is 10.3. The van der Waals surface area contributed by atoms with Crippen LogP contribution in [0.25, 0.3) is 0 Å². The lowest BCUT2D eigenvalue weighted by Gasteiger charge is -2.09. The van der Waals surface area contributed by atoms with E-state index in [1.807, 2.05) is 6.92 Å². The van der Waals surface area contributed by atoms with Crippen LogP contribution in [0, 0.1) is 0 Å². The number of halogens is 1. The molecule has 0 aliphatic heterocycles. The number of anilines is 1. The number of rotatable bonds is 6. The minimum absolute atomic E-state index is 0.0259. The standard InChI is InChI=1S/C10H15BrN2O4S2/c1-2-3-6-18(14,15)13-8-4-5-10(9(11)7-8)19(12,16)17/h4-5,7,13H,2-3,6H2,1H3,(H2,12,16,17). The molecule has 0 radical (unpaired) electrons. The zero-order valence-electron chi connectivity index (χ0n) is 10.3. The maximum Gasteiger partial charge on any atom is 0.239 e. The molecule has 0 atom stereocenters. The summed E-state index contributed by atoms with van der Waals surface area (Å²) in [5.74, 6) is 0.0259. The average Bonchev–Trinajstić information content (AvgIpc) is 2.24. The van der Waals surface area contributed by atoms with Crippen LogP contribution >= 0.6 is 15.9 Å². The molecular formula is C10H15BrN2O4S2. The summed E-state index contributed by atoms with van der Waals surface area (Å²) in [5.41, 5.74) is 0.287. The van der Waals surface area contributed by atoms with Gasteiger partial charge in [0.25, 0.3) is 0 Å². The third-order valence-electron chi connectivity index (χ3n) is 2.28. The number of hydrogen-bond donors (Lipinski definition) is 2. The zero-order chi connectivity index (χ0) is 14.7. The third-order valence-corrected chi connectivity index (χ3v) is 5.54. The molecule has 0 bridgehead atoms. The van der Waals surface area contributed by atoms with Crippen molar-refractivity contribution in [3.05, 3.63) is 22.7 Å². The van der Waals surface area contributed by atoms with Crippen LogP contribution in [0.3, 0.4) is 0 Å². The monoisotopic (exact) mass is 370 g/mol. The van der Waals surface area contributed by atoms with Gasteiger partial charge in [-0.25, -0.2) is 22.0 Å². The average molecular weight is 371 g/mol. The molecule has 1 aromatic rings. The largest absolute Gasteiger partial charge is 0.284 e. The second kappa shape index (κ2) is 6.21. The highest BCUT2D eigenvalue weighted by atomic mass is 79.9. The molecule has 0 aliphatic carbocycles. The van der Waals surface area contributed by atoms with Crippen LogP contribution in [-0.4, -0.2) is 22.6 Å². The fourth-order valence-corrected chi connectivity index (χ4v) is 4.26. The molecule has 0 unspecified atom stereocenters. The van der Waals surface area contributed by atoms with Crippen molar-refractivity contribution >= 4 is 41.7 Å². The Morgan fingerprint density at radius 3 is 2.37 bits per heavy atom. The summed E-state index contributed by atoms with van der Waals surface area (Å²) in [6, 6.07) is 3.97. The van der Waals surface area contributed by atoms with E-state index in [2.05, 4.69) is 20.7 Å². The summed E-state index contributed by atoms with van der Waals surface area (Å²) in [4.78, 5) is -0.0935. The molecular weight excluding hydrogens is 356 g/mol. The zero-order valence-corrected chi connectivity index (χ0v) is 13.5. The van der Waals surface area contributed by atoms with E-state index in [0.29, 0.717) is 6.42 Å². The normalized spacial score (nSPS) is 12.4. The first kappa shape index (κ1) is 16.4. The van der Waals surface area contributed by atoms with E-state index < -0.39 is 20.0 Å². The van der Waals surface area contributed by atoms with E-state index in [1.165, 1.54) is 18.2 Å². The van der Waals surface area contributed by atoms with Crippen LogP contribution in [-0.2, 0) is 20.0 Å². The lowest BCUT2D eigenvalue weighted by molar-refractivity contribution is 0.596. The van der Waals surface area contributed by atoms with Crippen molar-refractivity contribution in [1.82, 2.24) is 0 Å². The SMILES string of the molecule is CCCCS(=O)(=O)Nc1ccc(S(N)(=O)=O)c(Br)c1. The van der Waals surface area contributed by atoms with E-state index in [9.17, 15) is 16.8 Å². The van der Waals surface area contributed by atoms with Crippen molar-refractivity contribution in [2.24, 2.45) is 5.14 Å². The Hall–Kier alpha value is -0.640. The quantitative estimate of drug-likeness (QED) is 0.793. The molecule has 9 heteroatoms. The van der Waals surface area contributed by atoms with Crippen LogP contribution in [0.5, 0.6) is 0 Å². The highest BCUT2D eigenvalue weighted by molar-refractivity contribution is 9.10. The smallest absolute Gasteiger partial charge is 0.239 e. The molecule has 108 valence electrons. The van der Waals surface area contributed by atoms with Gasteiger partial charge in [-0.2, -0.15) is 0 Å². The number of benzene rings is 1. The lowest BCUT2D eigenvalue weighted by Crippen LogP contribution is -2.17. The molecule has 0 amide bonds. The van der Waals surface area contributed by atoms with Gasteiger partial charge in [0.1, 0.15) is 0 Å². The fraction of sp³-hybridized carbons (Fsp3) is 0.400. The van der Waals surface area contributed by atoms with Crippen molar-refractivity contribution in [1.29, 1.82) is 0 Å². The van der Waals surface area contributed by atoms with Gasteiger partial charge in [0.15, 0.2) is 0 Å². The van der Waals surface area contributed by atoms with Gasteiger partial charge in [-0.3, -0.25) is 4.72 Å². The Morgan fingerprint density at radius 2 is 1.89 bits per heavy atom. The fourth-order valence-electron chi connectivity index (χ4n) is 1.36. The predicted molar refractivity (Wildman–Crippen MR) is 77.8 cm³/mol. The summed E-state index contributed by atoms with van der Waals surface area (Å²) in [6.07, 6.45) is 1.33. The van der Waals surface area contributed by atoms with Gasteiger partial charge >= 0.3 is 0 Å². The van der Waals surface area contributed by atoms with Crippen molar-refractivity contribution < 1.29 is 16.8 Å². The molecule has 0 spiro atoms. The molecule has 0 aliphatic rings. The van der Waals surface area contributed by atoms with Crippen molar-refractivity contribution in [2.75, 3.05) is 10.5 Å². The predicted octanol–water partition coefficient (Wildman–Crippen LogP) is 1.64. The highest BCUT2D eigenvalue weighted by Gasteiger charge is 2.15. The molecule has 19 heavy (non-hydrogen) atoms. The Balaban J connectivity index is 2.97. The molecule has 1 aromatic carbocycles. The van der Waals surface area contributed by atoms with Crippen LogP contribution in [0.4, 0.5) is 5.69 Å². The maximum absolute atomic E-state index is 11.7. The number of unbranched alkanes of at least 4 members (excludes halogenated alkanes) is 1. The number of nitrogens with one attached hydrogen (secondary N) is 1. The molecule has 0 heterocycles. The maximum atomic E-state index is 11.7. The Bertz CT molecular complexity index is 656. The molecule has 6 nitrogen and oxygen atoms in total. The van der Waals surface area contributed by atoms with E-state index in [0.717, 1.165) is 6.42 Å². The number of hydrogen-bond acceptors (Lipinski definition) is 4. The highest BCUT2D eigenvalue weighted by Crippen LogP contribution is 2.25. The molecule has 0 saturated heterocycles. The van der Waals surface area contributed by atoms with Crippen LogP contribution in [0.2, 0.25) is 0 Å². The number of sulfonamides is 2. The van der Waals surface area contributed by atoms with Gasteiger partial charge in [0, 0.05) is 10.2 Å². The minimum atomic E-state index is -3.83. The second-order valence-corrected chi connectivity index (χ2v) is 8.19. The van der Waals surface area contributed by atoms with Gasteiger partial charge in [0.2, 0.25) is 20.0 Å². The first-order valence-electron chi connectivity index (χ1n) is 5.48. The molecule has 0 saturated carbocycles. The van der Waals surface area contributed by atoms with Gasteiger partial charge in [-0.1, -0.05) is 13.3 Å². The van der Waals surface area contributed by atoms with Gasteiger partial charge in [0.05, 0.1) is 10.6 Å². The summed E-state index contributed by atoms with van der Waals surface area (Å²) < 4.78 is 48.4. The van der Waals surface area contributed by atoms with Crippen LogP contribution < -0.4 is 9.86 Å². The Kier molecular flexibility index (Phi) is 5.36. The molecule has 0 aromatic heterocycles. The van der Waals surface area contributed by atoms with Crippen molar-refractivity contribution in [2.45, 2.75) is 24.7 Å². The molecule has 3 N–H and O–H groups in total. The van der Waals surface area contributed by atoms with E-state index in [1.54, 1.807) is 0 Å². The number of nitrogens with two attached hydrogens (primary N) is 1. The number of primary sulfonamides is 1. The van der Waals surface area contributed by atoms with Gasteiger partial charge in [-0.15, -0.1) is 0 Å². The topological polar surface area (TPSA) is 106 Å². The summed E-state index contributed by atoms with van der Waals surface area (Å²) in [5, 5.41) is 5.00. The summed E-state index contributed by atoms with van der Waals surface area (Å²) >= 11 is 3.05. The molecule has 1 rings (SSSR count). The third kappa shape index (κ3) is 5.09. The van der Waals surface area contributed by atoms with Crippen molar-refractivity contribution in [3.8, 4) is 0 Å². The van der Waals surface area contributed by atoms with Crippen LogP contribution in [0.1, 0.15) is 19.8 Å².